The number of anilines is 1. The molecule has 0 bridgehead atoms. The smallest absolute Gasteiger partial charge is 0.266 e. The summed E-state index contributed by atoms with van der Waals surface area (Å²) in [6.45, 7) is 0. The number of nitrogens with one attached hydrogen (secondary N) is 2. The van der Waals surface area contributed by atoms with Crippen LogP contribution in [-0.2, 0) is 10.0 Å². The van der Waals surface area contributed by atoms with E-state index in [1.54, 1.807) is 0 Å². The molecule has 0 atom stereocenters. The molecule has 8 heteroatoms. The van der Waals surface area contributed by atoms with Crippen molar-refractivity contribution in [1.82, 2.24) is 4.98 Å². The van der Waals surface area contributed by atoms with Crippen LogP contribution >= 0.6 is 11.6 Å². The van der Waals surface area contributed by atoms with Crippen molar-refractivity contribution >= 4 is 27.3 Å². The molecule has 0 saturated heterocycles. The molecule has 0 spiro atoms. The third-order valence-electron chi connectivity index (χ3n) is 2.22. The second-order valence-corrected chi connectivity index (χ2v) is 5.72. The number of aromatic amines is 1. The third-order valence-corrected chi connectivity index (χ3v) is 3.86. The van der Waals surface area contributed by atoms with Crippen LogP contribution in [0.1, 0.15) is 0 Å². The molecule has 1 aromatic carbocycles. The first-order chi connectivity index (χ1) is 8.88. The lowest BCUT2D eigenvalue weighted by Crippen LogP contribution is -2.16. The largest absolute Gasteiger partial charge is 0.326 e. The highest BCUT2D eigenvalue weighted by molar-refractivity contribution is 7.92. The Balaban J connectivity index is 2.37. The Hall–Kier alpha value is -1.86. The van der Waals surface area contributed by atoms with Crippen LogP contribution in [0.5, 0.6) is 0 Å². The number of halogens is 2. The van der Waals surface area contributed by atoms with Gasteiger partial charge in [-0.15, -0.1) is 0 Å². The zero-order valence-electron chi connectivity index (χ0n) is 9.35. The van der Waals surface area contributed by atoms with Gasteiger partial charge in [-0.2, -0.15) is 0 Å². The number of aromatic nitrogens is 1. The summed E-state index contributed by atoms with van der Waals surface area (Å²) in [5.74, 6) is -0.570. The van der Waals surface area contributed by atoms with Crippen LogP contribution in [0.4, 0.5) is 10.1 Å². The molecule has 2 aromatic rings. The molecule has 2 N–H and O–H groups in total. The average molecular weight is 303 g/mol. The molecule has 19 heavy (non-hydrogen) atoms. The number of hydrogen-bond donors (Lipinski definition) is 2. The van der Waals surface area contributed by atoms with Crippen molar-refractivity contribution in [3.8, 4) is 0 Å². The molecule has 0 radical (unpaired) electrons. The van der Waals surface area contributed by atoms with Gasteiger partial charge >= 0.3 is 0 Å². The summed E-state index contributed by atoms with van der Waals surface area (Å²) in [6.07, 6.45) is 1.01. The first-order valence-electron chi connectivity index (χ1n) is 5.05. The Labute approximate surface area is 113 Å². The second-order valence-electron chi connectivity index (χ2n) is 3.63. The topological polar surface area (TPSA) is 79.0 Å². The van der Waals surface area contributed by atoms with Gasteiger partial charge in [-0.05, 0) is 24.3 Å². The van der Waals surface area contributed by atoms with Crippen molar-refractivity contribution in [2.45, 2.75) is 4.90 Å². The minimum Gasteiger partial charge on any atom is -0.326 e. The Morgan fingerprint density at radius 1 is 1.26 bits per heavy atom. The van der Waals surface area contributed by atoms with Gasteiger partial charge in [0.25, 0.3) is 15.6 Å². The van der Waals surface area contributed by atoms with Gasteiger partial charge in [0.1, 0.15) is 15.7 Å². The van der Waals surface area contributed by atoms with E-state index in [-0.39, 0.29) is 15.6 Å². The Morgan fingerprint density at radius 3 is 2.63 bits per heavy atom. The summed E-state index contributed by atoms with van der Waals surface area (Å²) in [7, 11) is -3.94. The van der Waals surface area contributed by atoms with E-state index in [0.29, 0.717) is 0 Å². The van der Waals surface area contributed by atoms with Gasteiger partial charge in [-0.3, -0.25) is 9.52 Å². The van der Waals surface area contributed by atoms with Gasteiger partial charge in [0.05, 0.1) is 5.69 Å². The molecule has 2 rings (SSSR count). The molecule has 0 fully saturated rings. The molecule has 1 heterocycles. The number of H-pyrrole nitrogens is 1. The van der Waals surface area contributed by atoms with E-state index in [9.17, 15) is 17.6 Å². The summed E-state index contributed by atoms with van der Waals surface area (Å²) in [5, 5.41) is -0.248. The maximum atomic E-state index is 13.0. The summed E-state index contributed by atoms with van der Waals surface area (Å²) in [4.78, 5) is 13.0. The molecular formula is C11H8ClFN2O3S. The highest BCUT2D eigenvalue weighted by Gasteiger charge is 2.16. The van der Waals surface area contributed by atoms with Crippen LogP contribution in [0.2, 0.25) is 5.02 Å². The minimum atomic E-state index is -3.94. The highest BCUT2D eigenvalue weighted by Crippen LogP contribution is 2.17. The zero-order chi connectivity index (χ0) is 14.0. The van der Waals surface area contributed by atoms with E-state index in [1.807, 2.05) is 0 Å². The van der Waals surface area contributed by atoms with E-state index in [1.165, 1.54) is 18.2 Å². The maximum absolute atomic E-state index is 13.0. The molecule has 100 valence electrons. The van der Waals surface area contributed by atoms with Gasteiger partial charge in [0, 0.05) is 6.20 Å². The molecular weight excluding hydrogens is 295 g/mol. The van der Waals surface area contributed by atoms with E-state index < -0.39 is 21.4 Å². The predicted octanol–water partition coefficient (Wildman–Crippen LogP) is 1.97. The monoisotopic (exact) mass is 302 g/mol. The van der Waals surface area contributed by atoms with Crippen molar-refractivity contribution in [2.75, 3.05) is 4.72 Å². The fourth-order valence-electron chi connectivity index (χ4n) is 1.36. The molecule has 0 aliphatic rings. The lowest BCUT2D eigenvalue weighted by atomic mass is 10.3. The number of pyridine rings is 1. The molecule has 0 aliphatic heterocycles. The van der Waals surface area contributed by atoms with Gasteiger partial charge in [0.2, 0.25) is 0 Å². The summed E-state index contributed by atoms with van der Waals surface area (Å²) in [6, 6.07) is 6.00. The van der Waals surface area contributed by atoms with Crippen molar-refractivity contribution < 1.29 is 12.8 Å². The SMILES string of the molecule is O=c1[nH]cc(S(=O)(=O)Nc2cccc(F)c2)cc1Cl. The normalized spacial score (nSPS) is 11.3. The quantitative estimate of drug-likeness (QED) is 0.910. The van der Waals surface area contributed by atoms with Crippen molar-refractivity contribution in [2.24, 2.45) is 0 Å². The van der Waals surface area contributed by atoms with Crippen LogP contribution in [-0.4, -0.2) is 13.4 Å². The Morgan fingerprint density at radius 2 is 2.00 bits per heavy atom. The molecule has 0 aliphatic carbocycles. The van der Waals surface area contributed by atoms with Crippen LogP contribution < -0.4 is 10.3 Å². The van der Waals surface area contributed by atoms with Crippen LogP contribution in [0.3, 0.4) is 0 Å². The summed E-state index contributed by atoms with van der Waals surface area (Å²) >= 11 is 5.55. The third kappa shape index (κ3) is 3.12. The van der Waals surface area contributed by atoms with Crippen LogP contribution in [0.15, 0.2) is 46.2 Å². The fraction of sp³-hybridized carbons (Fsp3) is 0. The van der Waals surface area contributed by atoms with E-state index in [2.05, 4.69) is 9.71 Å². The molecule has 5 nitrogen and oxygen atoms in total. The van der Waals surface area contributed by atoms with Gasteiger partial charge in [-0.25, -0.2) is 12.8 Å². The first kappa shape index (κ1) is 13.6. The molecule has 1 aromatic heterocycles. The molecule has 0 unspecified atom stereocenters. The van der Waals surface area contributed by atoms with E-state index >= 15 is 0 Å². The Bertz CT molecular complexity index is 774. The van der Waals surface area contributed by atoms with Crippen molar-refractivity contribution in [1.29, 1.82) is 0 Å². The zero-order valence-corrected chi connectivity index (χ0v) is 10.9. The summed E-state index contributed by atoms with van der Waals surface area (Å²) in [5.41, 5.74) is -0.520. The minimum absolute atomic E-state index is 0.0716. The standard InChI is InChI=1S/C11H8ClFN2O3S/c12-10-5-9(6-14-11(10)16)19(17,18)15-8-3-1-2-7(13)4-8/h1-6,15H,(H,14,16). The fourth-order valence-corrected chi connectivity index (χ4v) is 2.64. The van der Waals surface area contributed by atoms with E-state index in [4.69, 9.17) is 11.6 Å². The highest BCUT2D eigenvalue weighted by atomic mass is 35.5. The van der Waals surface area contributed by atoms with Gasteiger partial charge < -0.3 is 4.98 Å². The van der Waals surface area contributed by atoms with Gasteiger partial charge in [0.15, 0.2) is 0 Å². The molecule has 0 amide bonds. The van der Waals surface area contributed by atoms with Crippen LogP contribution in [0, 0.1) is 5.82 Å². The van der Waals surface area contributed by atoms with E-state index in [0.717, 1.165) is 18.3 Å². The number of benzene rings is 1. The Kier molecular flexibility index (Phi) is 3.59. The number of rotatable bonds is 3. The van der Waals surface area contributed by atoms with Crippen molar-refractivity contribution in [3.63, 3.8) is 0 Å². The lowest BCUT2D eigenvalue weighted by Gasteiger charge is -2.07. The average Bonchev–Trinajstić information content (AvgIpc) is 2.32. The second kappa shape index (κ2) is 5.02. The first-order valence-corrected chi connectivity index (χ1v) is 6.91. The predicted molar refractivity (Wildman–Crippen MR) is 69.3 cm³/mol. The maximum Gasteiger partial charge on any atom is 0.266 e. The van der Waals surface area contributed by atoms with Crippen LogP contribution in [0.25, 0.3) is 0 Å². The number of sulfonamides is 1. The van der Waals surface area contributed by atoms with Crippen molar-refractivity contribution in [3.05, 3.63) is 57.7 Å². The van der Waals surface area contributed by atoms with Gasteiger partial charge in [-0.1, -0.05) is 17.7 Å². The lowest BCUT2D eigenvalue weighted by molar-refractivity contribution is 0.600. The molecule has 0 saturated carbocycles. The number of hydrogen-bond acceptors (Lipinski definition) is 3. The summed E-state index contributed by atoms with van der Waals surface area (Å²) < 4.78 is 39.1.